The largest absolute Gasteiger partial charge is 0.305 e. The van der Waals surface area contributed by atoms with Crippen molar-refractivity contribution in [2.75, 3.05) is 6.54 Å². The molecule has 1 heterocycles. The molecule has 1 aromatic heterocycles. The molecule has 0 saturated heterocycles. The van der Waals surface area contributed by atoms with Crippen molar-refractivity contribution in [3.63, 3.8) is 0 Å². The molecule has 2 rings (SSSR count). The van der Waals surface area contributed by atoms with E-state index < -0.39 is 0 Å². The molecule has 1 fully saturated rings. The van der Waals surface area contributed by atoms with Crippen molar-refractivity contribution in [3.8, 4) is 0 Å². The molecule has 0 aliphatic heterocycles. The lowest BCUT2D eigenvalue weighted by Gasteiger charge is -2.49. The molecular weight excluding hydrogens is 240 g/mol. The molecule has 102 valence electrons. The fourth-order valence-electron chi connectivity index (χ4n) is 2.74. The summed E-state index contributed by atoms with van der Waals surface area (Å²) >= 11 is 1.89. The minimum Gasteiger partial charge on any atom is -0.305 e. The van der Waals surface area contributed by atoms with Crippen molar-refractivity contribution in [3.05, 3.63) is 15.6 Å². The molecular formula is C15H26N2S. The summed E-state index contributed by atoms with van der Waals surface area (Å²) in [6, 6.07) is 0. The van der Waals surface area contributed by atoms with Gasteiger partial charge in [-0.3, -0.25) is 0 Å². The molecule has 1 saturated carbocycles. The van der Waals surface area contributed by atoms with Crippen LogP contribution in [0.2, 0.25) is 0 Å². The Labute approximate surface area is 115 Å². The Bertz CT molecular complexity index is 383. The van der Waals surface area contributed by atoms with Gasteiger partial charge in [0, 0.05) is 4.88 Å². The van der Waals surface area contributed by atoms with E-state index in [1.807, 2.05) is 11.3 Å². The maximum atomic E-state index is 4.81. The van der Waals surface area contributed by atoms with E-state index in [0.717, 1.165) is 18.4 Å². The number of hydrogen-bond acceptors (Lipinski definition) is 3. The smallest absolute Gasteiger partial charge is 0.113 e. The van der Waals surface area contributed by atoms with E-state index in [4.69, 9.17) is 4.98 Å². The standard InChI is InChI=1S/C15H26N2S/c1-6-7-16-15(8-13(9-15)10(2)3)14-17-11(4)12(5)18-14/h10,13,16H,6-9H2,1-5H3. The summed E-state index contributed by atoms with van der Waals surface area (Å²) in [6.45, 7) is 12.3. The van der Waals surface area contributed by atoms with E-state index in [1.54, 1.807) is 0 Å². The molecule has 0 bridgehead atoms. The lowest BCUT2D eigenvalue weighted by molar-refractivity contribution is 0.0677. The summed E-state index contributed by atoms with van der Waals surface area (Å²) in [4.78, 5) is 6.18. The van der Waals surface area contributed by atoms with Gasteiger partial charge in [-0.15, -0.1) is 11.3 Å². The van der Waals surface area contributed by atoms with Gasteiger partial charge in [-0.05, 0) is 51.5 Å². The average Bonchev–Trinajstić information content (AvgIpc) is 2.57. The summed E-state index contributed by atoms with van der Waals surface area (Å²) in [7, 11) is 0. The zero-order valence-electron chi connectivity index (χ0n) is 12.3. The van der Waals surface area contributed by atoms with Gasteiger partial charge in [0.2, 0.25) is 0 Å². The Kier molecular flexibility index (Phi) is 4.12. The van der Waals surface area contributed by atoms with E-state index in [9.17, 15) is 0 Å². The van der Waals surface area contributed by atoms with E-state index in [-0.39, 0.29) is 5.54 Å². The molecule has 0 amide bonds. The first-order valence-corrected chi connectivity index (χ1v) is 7.99. The van der Waals surface area contributed by atoms with Gasteiger partial charge in [0.05, 0.1) is 11.2 Å². The van der Waals surface area contributed by atoms with Gasteiger partial charge in [-0.25, -0.2) is 4.98 Å². The van der Waals surface area contributed by atoms with Crippen LogP contribution in [0, 0.1) is 25.7 Å². The van der Waals surface area contributed by atoms with Crippen molar-refractivity contribution in [2.45, 2.75) is 59.4 Å². The third-order valence-electron chi connectivity index (χ3n) is 4.32. The summed E-state index contributed by atoms with van der Waals surface area (Å²) < 4.78 is 0. The van der Waals surface area contributed by atoms with Crippen LogP contribution in [-0.2, 0) is 5.54 Å². The maximum Gasteiger partial charge on any atom is 0.113 e. The van der Waals surface area contributed by atoms with Gasteiger partial charge in [0.25, 0.3) is 0 Å². The van der Waals surface area contributed by atoms with Gasteiger partial charge in [-0.1, -0.05) is 20.8 Å². The Morgan fingerprint density at radius 1 is 1.39 bits per heavy atom. The van der Waals surface area contributed by atoms with E-state index in [1.165, 1.54) is 34.8 Å². The molecule has 0 unspecified atom stereocenters. The molecule has 1 N–H and O–H groups in total. The predicted molar refractivity (Wildman–Crippen MR) is 79.1 cm³/mol. The topological polar surface area (TPSA) is 24.9 Å². The lowest BCUT2D eigenvalue weighted by Crippen LogP contribution is -2.54. The number of rotatable bonds is 5. The third-order valence-corrected chi connectivity index (χ3v) is 5.59. The lowest BCUT2D eigenvalue weighted by atomic mass is 9.64. The van der Waals surface area contributed by atoms with Crippen LogP contribution in [0.1, 0.15) is 55.6 Å². The van der Waals surface area contributed by atoms with Gasteiger partial charge in [0.1, 0.15) is 5.01 Å². The second-order valence-corrected chi connectivity index (χ2v) is 7.29. The quantitative estimate of drug-likeness (QED) is 0.870. The first-order chi connectivity index (χ1) is 8.48. The number of nitrogens with one attached hydrogen (secondary N) is 1. The molecule has 0 atom stereocenters. The summed E-state index contributed by atoms with van der Waals surface area (Å²) in [5.74, 6) is 1.66. The number of aryl methyl sites for hydroxylation is 2. The number of thiazole rings is 1. The first kappa shape index (κ1) is 14.0. The molecule has 2 nitrogen and oxygen atoms in total. The highest BCUT2D eigenvalue weighted by atomic mass is 32.1. The number of nitrogens with zero attached hydrogens (tertiary/aromatic N) is 1. The Hall–Kier alpha value is -0.410. The van der Waals surface area contributed by atoms with Crippen molar-refractivity contribution in [1.29, 1.82) is 0 Å². The average molecular weight is 266 g/mol. The van der Waals surface area contributed by atoms with Crippen LogP contribution in [0.4, 0.5) is 0 Å². The minimum absolute atomic E-state index is 0.189. The van der Waals surface area contributed by atoms with Gasteiger partial charge in [-0.2, -0.15) is 0 Å². The monoisotopic (exact) mass is 266 g/mol. The van der Waals surface area contributed by atoms with Crippen LogP contribution in [0.3, 0.4) is 0 Å². The zero-order chi connectivity index (χ0) is 13.3. The summed E-state index contributed by atoms with van der Waals surface area (Å²) in [5, 5.41) is 5.09. The first-order valence-electron chi connectivity index (χ1n) is 7.18. The molecule has 3 heteroatoms. The fraction of sp³-hybridized carbons (Fsp3) is 0.800. The predicted octanol–water partition coefficient (Wildman–Crippen LogP) is 4.02. The van der Waals surface area contributed by atoms with Gasteiger partial charge < -0.3 is 5.32 Å². The van der Waals surface area contributed by atoms with Crippen molar-refractivity contribution < 1.29 is 0 Å². The third kappa shape index (κ3) is 2.48. The normalized spacial score (nSPS) is 27.6. The van der Waals surface area contributed by atoms with Gasteiger partial charge in [0.15, 0.2) is 0 Å². The summed E-state index contributed by atoms with van der Waals surface area (Å²) in [6.07, 6.45) is 3.71. The SMILES string of the molecule is CCCNC1(c2nc(C)c(C)s2)CC(C(C)C)C1. The second kappa shape index (κ2) is 5.30. The number of hydrogen-bond donors (Lipinski definition) is 1. The molecule has 1 aliphatic rings. The van der Waals surface area contributed by atoms with Crippen LogP contribution < -0.4 is 5.32 Å². The van der Waals surface area contributed by atoms with Crippen molar-refractivity contribution in [2.24, 2.45) is 11.8 Å². The Morgan fingerprint density at radius 2 is 2.06 bits per heavy atom. The number of aromatic nitrogens is 1. The van der Waals surface area contributed by atoms with Crippen LogP contribution in [0.5, 0.6) is 0 Å². The van der Waals surface area contributed by atoms with E-state index in [0.29, 0.717) is 0 Å². The molecule has 0 radical (unpaired) electrons. The second-order valence-electron chi connectivity index (χ2n) is 6.08. The fourth-order valence-corrected chi connectivity index (χ4v) is 3.84. The van der Waals surface area contributed by atoms with Gasteiger partial charge >= 0.3 is 0 Å². The van der Waals surface area contributed by atoms with E-state index in [2.05, 4.69) is 39.9 Å². The van der Waals surface area contributed by atoms with Crippen LogP contribution in [-0.4, -0.2) is 11.5 Å². The highest BCUT2D eigenvalue weighted by Crippen LogP contribution is 2.50. The molecule has 1 aliphatic carbocycles. The molecule has 18 heavy (non-hydrogen) atoms. The van der Waals surface area contributed by atoms with Crippen LogP contribution in [0.25, 0.3) is 0 Å². The summed E-state index contributed by atoms with van der Waals surface area (Å²) in [5.41, 5.74) is 1.40. The highest BCUT2D eigenvalue weighted by molar-refractivity contribution is 7.11. The van der Waals surface area contributed by atoms with E-state index >= 15 is 0 Å². The maximum absolute atomic E-state index is 4.81. The minimum atomic E-state index is 0.189. The molecule has 1 aromatic rings. The Morgan fingerprint density at radius 3 is 2.50 bits per heavy atom. The van der Waals surface area contributed by atoms with Crippen molar-refractivity contribution >= 4 is 11.3 Å². The van der Waals surface area contributed by atoms with Crippen LogP contribution in [0.15, 0.2) is 0 Å². The zero-order valence-corrected chi connectivity index (χ0v) is 13.2. The molecule has 0 spiro atoms. The highest BCUT2D eigenvalue weighted by Gasteiger charge is 2.48. The Balaban J connectivity index is 2.16. The van der Waals surface area contributed by atoms with Crippen molar-refractivity contribution in [1.82, 2.24) is 10.3 Å². The molecule has 0 aromatic carbocycles. The van der Waals surface area contributed by atoms with Crippen LogP contribution >= 0.6 is 11.3 Å².